The molecule has 3 rings (SSSR count). The van der Waals surface area contributed by atoms with Crippen LogP contribution in [0, 0.1) is 0 Å². The van der Waals surface area contributed by atoms with Gasteiger partial charge in [-0.25, -0.2) is 4.79 Å². The van der Waals surface area contributed by atoms with Gasteiger partial charge in [0.2, 0.25) is 0 Å². The van der Waals surface area contributed by atoms with Crippen molar-refractivity contribution >= 4 is 17.8 Å². The quantitative estimate of drug-likeness (QED) is 0.789. The molecule has 1 aromatic rings. The van der Waals surface area contributed by atoms with Gasteiger partial charge in [-0.05, 0) is 32.4 Å². The Labute approximate surface area is 153 Å². The van der Waals surface area contributed by atoms with Crippen molar-refractivity contribution in [1.82, 2.24) is 20.7 Å². The second kappa shape index (κ2) is 7.45. The molecule has 1 atom stereocenters. The number of nitrogens with one attached hydrogen (secondary N) is 2. The number of amides is 4. The number of carbonyl (C=O) groups is 3. The lowest BCUT2D eigenvalue weighted by Crippen LogP contribution is -2.52. The number of hydrazine groups is 1. The number of hydrogen-bond donors (Lipinski definition) is 2. The van der Waals surface area contributed by atoms with Gasteiger partial charge in [-0.2, -0.15) is 5.01 Å². The van der Waals surface area contributed by atoms with Gasteiger partial charge in [0.05, 0.1) is 6.54 Å². The van der Waals surface area contributed by atoms with E-state index >= 15 is 0 Å². The van der Waals surface area contributed by atoms with Crippen LogP contribution in [0.2, 0.25) is 0 Å². The molecular weight excluding hydrogens is 332 g/mol. The molecule has 1 aromatic carbocycles. The van der Waals surface area contributed by atoms with Crippen molar-refractivity contribution in [2.75, 3.05) is 13.6 Å². The maximum atomic E-state index is 12.7. The first-order chi connectivity index (χ1) is 12.4. The van der Waals surface area contributed by atoms with Crippen LogP contribution in [0.5, 0.6) is 0 Å². The molecule has 1 heterocycles. The Kier molecular flexibility index (Phi) is 5.27. The number of nitrogens with zero attached hydrogens (tertiary/aromatic N) is 2. The van der Waals surface area contributed by atoms with Gasteiger partial charge in [0, 0.05) is 6.04 Å². The molecule has 140 valence electrons. The third kappa shape index (κ3) is 3.58. The highest BCUT2D eigenvalue weighted by Crippen LogP contribution is 2.33. The van der Waals surface area contributed by atoms with Crippen LogP contribution in [0.3, 0.4) is 0 Å². The van der Waals surface area contributed by atoms with E-state index < -0.39 is 11.6 Å². The second-order valence-corrected chi connectivity index (χ2v) is 7.25. The van der Waals surface area contributed by atoms with E-state index in [0.717, 1.165) is 29.8 Å². The smallest absolute Gasteiger partial charge is 0.322 e. The molecule has 26 heavy (non-hydrogen) atoms. The molecule has 0 bridgehead atoms. The Bertz CT molecular complexity index is 685. The molecule has 1 aliphatic carbocycles. The third-order valence-corrected chi connectivity index (χ3v) is 5.44. The third-order valence-electron chi connectivity index (χ3n) is 5.44. The summed E-state index contributed by atoms with van der Waals surface area (Å²) in [4.78, 5) is 39.1. The first-order valence-corrected chi connectivity index (χ1v) is 9.14. The second-order valence-electron chi connectivity index (χ2n) is 7.25. The highest BCUT2D eigenvalue weighted by atomic mass is 16.2. The van der Waals surface area contributed by atoms with E-state index in [0.29, 0.717) is 12.8 Å². The zero-order chi connectivity index (χ0) is 18.7. The predicted octanol–water partition coefficient (Wildman–Crippen LogP) is 1.97. The van der Waals surface area contributed by atoms with E-state index in [2.05, 4.69) is 10.7 Å². The fourth-order valence-electron chi connectivity index (χ4n) is 3.73. The van der Waals surface area contributed by atoms with Crippen LogP contribution in [-0.4, -0.2) is 46.9 Å². The summed E-state index contributed by atoms with van der Waals surface area (Å²) in [6.07, 6.45) is 4.15. The molecule has 2 aliphatic rings. The van der Waals surface area contributed by atoms with Crippen molar-refractivity contribution < 1.29 is 14.4 Å². The molecule has 1 aliphatic heterocycles. The number of likely N-dealkylation sites (N-methyl/N-ethyl adjacent to an activating group) is 1. The molecular formula is C19H26N4O3. The summed E-state index contributed by atoms with van der Waals surface area (Å²) in [7, 11) is 1.84. The van der Waals surface area contributed by atoms with Crippen LogP contribution in [-0.2, 0) is 9.59 Å². The topological polar surface area (TPSA) is 81.8 Å². The van der Waals surface area contributed by atoms with Gasteiger partial charge in [0.15, 0.2) is 0 Å². The van der Waals surface area contributed by atoms with Crippen molar-refractivity contribution in [3.63, 3.8) is 0 Å². The molecule has 7 nitrogen and oxygen atoms in total. The summed E-state index contributed by atoms with van der Waals surface area (Å²) in [6.45, 7) is 2.09. The van der Waals surface area contributed by atoms with Crippen molar-refractivity contribution in [2.24, 2.45) is 0 Å². The van der Waals surface area contributed by atoms with Gasteiger partial charge < -0.3 is 5.32 Å². The van der Waals surface area contributed by atoms with Gasteiger partial charge in [-0.1, -0.05) is 49.6 Å². The number of hydrogen-bond acceptors (Lipinski definition) is 4. The maximum absolute atomic E-state index is 12.7. The zero-order valence-electron chi connectivity index (χ0n) is 15.3. The Morgan fingerprint density at radius 1 is 1.23 bits per heavy atom. The lowest BCUT2D eigenvalue weighted by atomic mass is 9.82. The Hall–Kier alpha value is -2.41. The normalized spacial score (nSPS) is 20.3. The van der Waals surface area contributed by atoms with Crippen LogP contribution in [0.1, 0.15) is 50.6 Å². The summed E-state index contributed by atoms with van der Waals surface area (Å²) < 4.78 is 0. The summed E-state index contributed by atoms with van der Waals surface area (Å²) in [5.41, 5.74) is 2.75. The molecule has 0 aromatic heterocycles. The minimum Gasteiger partial charge on any atom is -0.322 e. The zero-order valence-corrected chi connectivity index (χ0v) is 15.3. The van der Waals surface area contributed by atoms with E-state index in [1.54, 1.807) is 0 Å². The highest BCUT2D eigenvalue weighted by molar-refractivity contribution is 6.08. The summed E-state index contributed by atoms with van der Waals surface area (Å²) in [5, 5.41) is 3.64. The van der Waals surface area contributed by atoms with Gasteiger partial charge in [0.25, 0.3) is 11.8 Å². The summed E-state index contributed by atoms with van der Waals surface area (Å²) >= 11 is 0. The van der Waals surface area contributed by atoms with Crippen LogP contribution < -0.4 is 10.7 Å². The van der Waals surface area contributed by atoms with E-state index in [-0.39, 0.29) is 24.4 Å². The molecule has 1 unspecified atom stereocenters. The Morgan fingerprint density at radius 2 is 1.88 bits per heavy atom. The fraction of sp³-hybridized carbons (Fsp3) is 0.526. The average molecular weight is 358 g/mol. The number of carbonyl (C=O) groups excluding carboxylic acids is 3. The van der Waals surface area contributed by atoms with Crippen LogP contribution in [0.25, 0.3) is 0 Å². The maximum Gasteiger partial charge on any atom is 0.344 e. The molecule has 1 saturated heterocycles. The predicted molar refractivity (Wildman–Crippen MR) is 96.8 cm³/mol. The van der Waals surface area contributed by atoms with Crippen LogP contribution in [0.4, 0.5) is 4.79 Å². The Balaban J connectivity index is 1.59. The lowest BCUT2D eigenvalue weighted by molar-refractivity contribution is -0.140. The molecule has 2 fully saturated rings. The van der Waals surface area contributed by atoms with E-state index in [9.17, 15) is 14.4 Å². The minimum atomic E-state index is -0.828. The fourth-order valence-corrected chi connectivity index (χ4v) is 3.73. The molecule has 0 radical (unpaired) electrons. The van der Waals surface area contributed by atoms with Gasteiger partial charge in [-0.15, -0.1) is 0 Å². The first-order valence-electron chi connectivity index (χ1n) is 9.14. The summed E-state index contributed by atoms with van der Waals surface area (Å²) in [5.74, 6) is -0.721. The Morgan fingerprint density at radius 3 is 2.54 bits per heavy atom. The monoisotopic (exact) mass is 358 g/mol. The number of rotatable bonds is 5. The lowest BCUT2D eigenvalue weighted by Gasteiger charge is -2.30. The molecule has 4 amide bonds. The van der Waals surface area contributed by atoms with Crippen molar-refractivity contribution in [3.05, 3.63) is 35.9 Å². The van der Waals surface area contributed by atoms with Crippen molar-refractivity contribution in [2.45, 2.75) is 50.6 Å². The van der Waals surface area contributed by atoms with E-state index in [1.165, 1.54) is 0 Å². The molecule has 2 N–H and O–H groups in total. The number of benzene rings is 1. The number of imide groups is 1. The molecule has 1 saturated carbocycles. The van der Waals surface area contributed by atoms with E-state index in [1.807, 2.05) is 49.2 Å². The van der Waals surface area contributed by atoms with E-state index in [4.69, 9.17) is 0 Å². The van der Waals surface area contributed by atoms with Crippen molar-refractivity contribution in [1.29, 1.82) is 0 Å². The SMILES string of the molecule is CC(c1ccccc1)N(C)CC(=O)NN1C(=O)NC2(CCCCC2)C1=O. The standard InChI is InChI=1S/C19H26N4O3/c1-14(15-9-5-3-6-10-15)22(2)13-16(24)21-23-17(25)19(20-18(23)26)11-7-4-8-12-19/h3,5-6,9-10,14H,4,7-8,11-13H2,1-2H3,(H,20,26)(H,21,24). The average Bonchev–Trinajstić information content (AvgIpc) is 2.86. The largest absolute Gasteiger partial charge is 0.344 e. The van der Waals surface area contributed by atoms with Crippen LogP contribution >= 0.6 is 0 Å². The first kappa shape index (κ1) is 18.4. The minimum absolute atomic E-state index is 0.0368. The van der Waals surface area contributed by atoms with Crippen LogP contribution in [0.15, 0.2) is 30.3 Å². The molecule has 1 spiro atoms. The van der Waals surface area contributed by atoms with Gasteiger partial charge in [-0.3, -0.25) is 19.9 Å². The van der Waals surface area contributed by atoms with Gasteiger partial charge >= 0.3 is 6.03 Å². The van der Waals surface area contributed by atoms with Gasteiger partial charge in [0.1, 0.15) is 5.54 Å². The number of urea groups is 1. The molecule has 7 heteroatoms. The highest BCUT2D eigenvalue weighted by Gasteiger charge is 2.52. The van der Waals surface area contributed by atoms with Crippen molar-refractivity contribution in [3.8, 4) is 0 Å². The summed E-state index contributed by atoms with van der Waals surface area (Å²) in [6, 6.07) is 9.36.